The molecule has 0 spiro atoms. The minimum absolute atomic E-state index is 0.0432. The molecule has 1 aliphatic heterocycles. The first-order chi connectivity index (χ1) is 17.4. The second-order valence-electron chi connectivity index (χ2n) is 7.65. The van der Waals surface area contributed by atoms with Crippen LogP contribution >= 0.6 is 11.6 Å². The van der Waals surface area contributed by atoms with E-state index in [0.29, 0.717) is 47.3 Å². The summed E-state index contributed by atoms with van der Waals surface area (Å²) in [6, 6.07) is 20.2. The van der Waals surface area contributed by atoms with E-state index in [4.69, 9.17) is 21.1 Å². The van der Waals surface area contributed by atoms with E-state index in [1.54, 1.807) is 66.7 Å². The number of carbonyl (C=O) groups is 3. The van der Waals surface area contributed by atoms with Crippen molar-refractivity contribution in [1.29, 1.82) is 0 Å². The lowest BCUT2D eigenvalue weighted by Crippen LogP contribution is -2.32. The van der Waals surface area contributed by atoms with Crippen LogP contribution in [0.15, 0.2) is 83.5 Å². The maximum Gasteiger partial charge on any atom is 0.283 e. The van der Waals surface area contributed by atoms with Crippen LogP contribution in [-0.2, 0) is 9.59 Å². The molecule has 0 aliphatic carbocycles. The molecule has 0 unspecified atom stereocenters. The topological polar surface area (TPSA) is 97.0 Å². The predicted molar refractivity (Wildman–Crippen MR) is 139 cm³/mol. The first-order valence-electron chi connectivity index (χ1n) is 11.3. The van der Waals surface area contributed by atoms with Crippen molar-refractivity contribution >= 4 is 46.4 Å². The number of carbonyl (C=O) groups excluding carboxylic acids is 3. The van der Waals surface area contributed by atoms with Crippen molar-refractivity contribution in [2.75, 3.05) is 28.7 Å². The summed E-state index contributed by atoms with van der Waals surface area (Å²) in [6.45, 7) is 4.71. The highest BCUT2D eigenvalue weighted by Gasteiger charge is 2.39. The molecule has 4 rings (SSSR count). The van der Waals surface area contributed by atoms with E-state index in [9.17, 15) is 14.4 Å². The van der Waals surface area contributed by atoms with E-state index in [1.807, 2.05) is 19.9 Å². The van der Waals surface area contributed by atoms with Gasteiger partial charge in [-0.05, 0) is 74.5 Å². The van der Waals surface area contributed by atoms with Gasteiger partial charge in [-0.25, -0.2) is 4.90 Å². The van der Waals surface area contributed by atoms with Gasteiger partial charge in [0.2, 0.25) is 0 Å². The zero-order valence-corrected chi connectivity index (χ0v) is 20.5. The van der Waals surface area contributed by atoms with Crippen LogP contribution in [0.2, 0.25) is 0 Å². The Bertz CT molecular complexity index is 1320. The molecule has 36 heavy (non-hydrogen) atoms. The van der Waals surface area contributed by atoms with E-state index in [-0.39, 0.29) is 16.6 Å². The van der Waals surface area contributed by atoms with Gasteiger partial charge < -0.3 is 20.1 Å². The minimum atomic E-state index is -0.628. The maximum absolute atomic E-state index is 13.0. The summed E-state index contributed by atoms with van der Waals surface area (Å²) in [4.78, 5) is 39.4. The number of ether oxygens (including phenoxy) is 2. The van der Waals surface area contributed by atoms with Crippen LogP contribution in [-0.4, -0.2) is 30.9 Å². The van der Waals surface area contributed by atoms with Crippen molar-refractivity contribution in [3.05, 3.63) is 89.1 Å². The average molecular weight is 506 g/mol. The molecule has 0 saturated heterocycles. The van der Waals surface area contributed by atoms with E-state index in [2.05, 4.69) is 10.6 Å². The molecule has 0 atom stereocenters. The molecule has 3 aromatic rings. The van der Waals surface area contributed by atoms with Gasteiger partial charge in [0, 0.05) is 11.3 Å². The second-order valence-corrected chi connectivity index (χ2v) is 8.03. The molecule has 9 heteroatoms. The number of nitrogens with one attached hydrogen (secondary N) is 2. The monoisotopic (exact) mass is 505 g/mol. The van der Waals surface area contributed by atoms with Crippen molar-refractivity contribution < 1.29 is 23.9 Å². The summed E-state index contributed by atoms with van der Waals surface area (Å²) in [5.74, 6) is -0.321. The molecule has 184 valence electrons. The fourth-order valence-corrected chi connectivity index (χ4v) is 3.81. The van der Waals surface area contributed by atoms with Crippen LogP contribution in [0, 0.1) is 0 Å². The van der Waals surface area contributed by atoms with E-state index >= 15 is 0 Å². The third kappa shape index (κ3) is 5.18. The fourth-order valence-electron chi connectivity index (χ4n) is 3.60. The number of hydrogen-bond acceptors (Lipinski definition) is 6. The summed E-state index contributed by atoms with van der Waals surface area (Å²) < 4.78 is 10.9. The Kier molecular flexibility index (Phi) is 7.56. The number of para-hydroxylation sites is 2. The summed E-state index contributed by atoms with van der Waals surface area (Å²) >= 11 is 6.22. The Balaban J connectivity index is 1.45. The smallest absolute Gasteiger partial charge is 0.283 e. The van der Waals surface area contributed by atoms with Crippen molar-refractivity contribution in [2.24, 2.45) is 0 Å². The lowest BCUT2D eigenvalue weighted by molar-refractivity contribution is -0.120. The molecule has 0 aromatic heterocycles. The summed E-state index contributed by atoms with van der Waals surface area (Å²) in [5.41, 5.74) is 1.79. The molecule has 3 amide bonds. The third-order valence-electron chi connectivity index (χ3n) is 5.28. The van der Waals surface area contributed by atoms with Crippen molar-refractivity contribution in [3.8, 4) is 11.5 Å². The van der Waals surface area contributed by atoms with Crippen molar-refractivity contribution in [1.82, 2.24) is 0 Å². The van der Waals surface area contributed by atoms with Gasteiger partial charge in [-0.3, -0.25) is 14.4 Å². The highest BCUT2D eigenvalue weighted by atomic mass is 35.5. The van der Waals surface area contributed by atoms with E-state index in [1.165, 1.54) is 0 Å². The molecule has 2 N–H and O–H groups in total. The molecule has 8 nitrogen and oxygen atoms in total. The van der Waals surface area contributed by atoms with Gasteiger partial charge in [-0.15, -0.1) is 0 Å². The standard InChI is InChI=1S/C27H24ClN3O5/c1-3-35-20-15-13-19(14-16-20)31-26(33)23(28)24(27(31)34)29-18-11-9-17(10-12-18)25(32)30-21-7-5-6-8-22(21)36-4-2/h5-16,29H,3-4H2,1-2H3,(H,30,32). The van der Waals surface area contributed by atoms with Gasteiger partial charge in [-0.1, -0.05) is 23.7 Å². The van der Waals surface area contributed by atoms with Crippen LogP contribution in [0.3, 0.4) is 0 Å². The van der Waals surface area contributed by atoms with E-state index in [0.717, 1.165) is 4.90 Å². The number of halogens is 1. The zero-order valence-electron chi connectivity index (χ0n) is 19.7. The summed E-state index contributed by atoms with van der Waals surface area (Å²) in [7, 11) is 0. The Morgan fingerprint density at radius 2 is 1.53 bits per heavy atom. The van der Waals surface area contributed by atoms with Crippen LogP contribution < -0.4 is 25.0 Å². The van der Waals surface area contributed by atoms with Gasteiger partial charge in [-0.2, -0.15) is 0 Å². The van der Waals surface area contributed by atoms with E-state index < -0.39 is 11.8 Å². The Morgan fingerprint density at radius 1 is 0.861 bits per heavy atom. The maximum atomic E-state index is 13.0. The molecule has 3 aromatic carbocycles. The molecule has 0 saturated carbocycles. The first-order valence-corrected chi connectivity index (χ1v) is 11.7. The predicted octanol–water partition coefficient (Wildman–Crippen LogP) is 5.17. The van der Waals surface area contributed by atoms with Gasteiger partial charge in [0.15, 0.2) is 0 Å². The van der Waals surface area contributed by atoms with Crippen molar-refractivity contribution in [2.45, 2.75) is 13.8 Å². The average Bonchev–Trinajstić information content (AvgIpc) is 3.09. The van der Waals surface area contributed by atoms with Gasteiger partial charge in [0.25, 0.3) is 17.7 Å². The number of rotatable bonds is 9. The van der Waals surface area contributed by atoms with Gasteiger partial charge in [0.1, 0.15) is 22.2 Å². The molecule has 0 bridgehead atoms. The third-order valence-corrected chi connectivity index (χ3v) is 5.64. The highest BCUT2D eigenvalue weighted by Crippen LogP contribution is 2.31. The number of amides is 3. The Morgan fingerprint density at radius 3 is 2.19 bits per heavy atom. The number of benzene rings is 3. The highest BCUT2D eigenvalue weighted by molar-refractivity contribution is 6.53. The SMILES string of the molecule is CCOc1ccc(N2C(=O)C(Cl)=C(Nc3ccc(C(=O)Nc4ccccc4OCC)cc3)C2=O)cc1. The molecule has 1 aliphatic rings. The number of imide groups is 1. The number of anilines is 3. The largest absolute Gasteiger partial charge is 0.494 e. The fraction of sp³-hybridized carbons (Fsp3) is 0.148. The second kappa shape index (κ2) is 11.0. The van der Waals surface area contributed by atoms with Crippen LogP contribution in [0.25, 0.3) is 0 Å². The quantitative estimate of drug-likeness (QED) is 0.389. The number of hydrogen-bond donors (Lipinski definition) is 2. The molecule has 0 fully saturated rings. The molecule has 1 heterocycles. The van der Waals surface area contributed by atoms with Crippen LogP contribution in [0.1, 0.15) is 24.2 Å². The lowest BCUT2D eigenvalue weighted by Gasteiger charge is -2.16. The van der Waals surface area contributed by atoms with Crippen LogP contribution in [0.5, 0.6) is 11.5 Å². The Hall–Kier alpha value is -4.30. The Labute approximate surface area is 213 Å². The molecular weight excluding hydrogens is 482 g/mol. The molecular formula is C27H24ClN3O5. The van der Waals surface area contributed by atoms with Gasteiger partial charge >= 0.3 is 0 Å². The normalized spacial score (nSPS) is 13.1. The minimum Gasteiger partial charge on any atom is -0.494 e. The summed E-state index contributed by atoms with van der Waals surface area (Å²) in [6.07, 6.45) is 0. The molecule has 0 radical (unpaired) electrons. The number of nitrogens with zero attached hydrogens (tertiary/aromatic N) is 1. The lowest BCUT2D eigenvalue weighted by atomic mass is 10.1. The summed E-state index contributed by atoms with van der Waals surface area (Å²) in [5, 5.41) is 5.51. The zero-order chi connectivity index (χ0) is 25.7. The van der Waals surface area contributed by atoms with Crippen LogP contribution in [0.4, 0.5) is 17.1 Å². The van der Waals surface area contributed by atoms with Crippen molar-refractivity contribution in [3.63, 3.8) is 0 Å². The van der Waals surface area contributed by atoms with Gasteiger partial charge in [0.05, 0.1) is 24.6 Å². The first kappa shape index (κ1) is 24.8.